The molecule has 0 amide bonds. The van der Waals surface area contributed by atoms with Gasteiger partial charge in [0.1, 0.15) is 5.75 Å². The number of rotatable bonds is 3. The molecule has 0 heterocycles. The van der Waals surface area contributed by atoms with E-state index in [-0.39, 0.29) is 16.4 Å². The zero-order valence-corrected chi connectivity index (χ0v) is 13.4. The van der Waals surface area contributed by atoms with E-state index in [9.17, 15) is 18.7 Å². The normalized spacial score (nSPS) is 14.7. The zero-order chi connectivity index (χ0) is 17.1. The van der Waals surface area contributed by atoms with Crippen molar-refractivity contribution in [3.63, 3.8) is 0 Å². The number of carbonyl (C=O) groups excluding carboxylic acids is 1. The predicted molar refractivity (Wildman–Crippen MR) is 92.9 cm³/mol. The van der Waals surface area contributed by atoms with Crippen LogP contribution < -0.4 is 0 Å². The average Bonchev–Trinajstić information content (AvgIpc) is 2.59. The molecule has 24 heavy (non-hydrogen) atoms. The molecule has 1 aliphatic carbocycles. The van der Waals surface area contributed by atoms with Crippen LogP contribution in [0.5, 0.6) is 5.75 Å². The second kappa shape index (κ2) is 6.78. The van der Waals surface area contributed by atoms with Crippen LogP contribution in [-0.4, -0.2) is 19.7 Å². The van der Waals surface area contributed by atoms with E-state index in [1.165, 1.54) is 12.2 Å². The smallest absolute Gasteiger partial charge is 0.187 e. The first-order valence-corrected chi connectivity index (χ1v) is 8.31. The summed E-state index contributed by atoms with van der Waals surface area (Å²) < 4.78 is 21.3. The van der Waals surface area contributed by atoms with Gasteiger partial charge in [-0.2, -0.15) is 0 Å². The van der Waals surface area contributed by atoms with Crippen molar-refractivity contribution in [2.24, 2.45) is 0 Å². The highest BCUT2D eigenvalue weighted by molar-refractivity contribution is 7.79. The summed E-state index contributed by atoms with van der Waals surface area (Å²) in [5, 5.41) is 9.52. The third kappa shape index (κ3) is 3.27. The monoisotopic (exact) mass is 338 g/mol. The lowest BCUT2D eigenvalue weighted by atomic mass is 9.91. The van der Waals surface area contributed by atoms with Crippen molar-refractivity contribution in [1.82, 2.24) is 0 Å². The van der Waals surface area contributed by atoms with Crippen LogP contribution in [0.2, 0.25) is 0 Å². The van der Waals surface area contributed by atoms with E-state index >= 15 is 0 Å². The Morgan fingerprint density at radius 3 is 2.12 bits per heavy atom. The topological polar surface area (TPSA) is 74.6 Å². The molecule has 1 unspecified atom stereocenters. The number of hydrogen-bond acceptors (Lipinski definition) is 3. The Morgan fingerprint density at radius 2 is 1.50 bits per heavy atom. The molecule has 5 heteroatoms. The molecular weight excluding hydrogens is 324 g/mol. The third-order valence-corrected chi connectivity index (χ3v) is 4.38. The Balaban J connectivity index is 2.28. The lowest BCUT2D eigenvalue weighted by Gasteiger charge is -2.15. The van der Waals surface area contributed by atoms with E-state index in [4.69, 9.17) is 0 Å². The standard InChI is InChI=1S/C19H14O4S/c20-15-9-5-13(6-10-15)19(14-7-11-16(21)12-8-14)17-3-1-2-4-18(17)24(22)23/h1-12,20H,(H,22,23). The van der Waals surface area contributed by atoms with Crippen molar-refractivity contribution in [3.05, 3.63) is 89.5 Å². The number of carbonyl (C=O) groups is 1. The predicted octanol–water partition coefficient (Wildman–Crippen LogP) is 3.47. The van der Waals surface area contributed by atoms with Crippen LogP contribution in [0.15, 0.2) is 83.3 Å². The quantitative estimate of drug-likeness (QED) is 0.841. The largest absolute Gasteiger partial charge is 0.508 e. The first kappa shape index (κ1) is 16.1. The maximum Gasteiger partial charge on any atom is 0.187 e. The highest BCUT2D eigenvalue weighted by Crippen LogP contribution is 2.33. The highest BCUT2D eigenvalue weighted by atomic mass is 32.2. The van der Waals surface area contributed by atoms with Crippen LogP contribution in [0.4, 0.5) is 0 Å². The molecule has 0 radical (unpaired) electrons. The molecule has 1 atom stereocenters. The minimum absolute atomic E-state index is 0.108. The minimum atomic E-state index is -2.15. The van der Waals surface area contributed by atoms with E-state index < -0.39 is 11.1 Å². The molecule has 0 bridgehead atoms. The van der Waals surface area contributed by atoms with E-state index in [0.29, 0.717) is 11.1 Å². The summed E-state index contributed by atoms with van der Waals surface area (Å²) in [4.78, 5) is 11.7. The van der Waals surface area contributed by atoms with Gasteiger partial charge >= 0.3 is 0 Å². The van der Waals surface area contributed by atoms with Gasteiger partial charge in [0.15, 0.2) is 16.9 Å². The second-order valence-electron chi connectivity index (χ2n) is 5.19. The van der Waals surface area contributed by atoms with Crippen LogP contribution in [0.3, 0.4) is 0 Å². The van der Waals surface area contributed by atoms with Crippen molar-refractivity contribution in [2.75, 3.05) is 0 Å². The number of hydrogen-bond donors (Lipinski definition) is 2. The summed E-state index contributed by atoms with van der Waals surface area (Å²) in [6, 6.07) is 13.4. The van der Waals surface area contributed by atoms with Gasteiger partial charge in [0.25, 0.3) is 0 Å². The summed E-state index contributed by atoms with van der Waals surface area (Å²) in [5.74, 6) is 0.0230. The second-order valence-corrected chi connectivity index (χ2v) is 6.13. The molecule has 2 aromatic rings. The van der Waals surface area contributed by atoms with Crippen LogP contribution in [-0.2, 0) is 15.9 Å². The average molecular weight is 338 g/mol. The number of ketones is 1. The molecule has 0 spiro atoms. The van der Waals surface area contributed by atoms with E-state index in [1.54, 1.807) is 60.7 Å². The lowest BCUT2D eigenvalue weighted by molar-refractivity contribution is -0.110. The first-order valence-electron chi connectivity index (χ1n) is 7.20. The molecule has 0 saturated heterocycles. The summed E-state index contributed by atoms with van der Waals surface area (Å²) >= 11 is -2.15. The Hall–Kier alpha value is -2.76. The van der Waals surface area contributed by atoms with E-state index in [0.717, 1.165) is 11.1 Å². The van der Waals surface area contributed by atoms with Gasteiger partial charge in [-0.05, 0) is 47.1 Å². The molecule has 2 N–H and O–H groups in total. The highest BCUT2D eigenvalue weighted by Gasteiger charge is 2.17. The van der Waals surface area contributed by atoms with Crippen molar-refractivity contribution >= 4 is 22.4 Å². The molecule has 120 valence electrons. The SMILES string of the molecule is O=C1C=CC(=C(c2ccc(O)cc2)c2ccccc2S(=O)O)C=C1. The zero-order valence-electron chi connectivity index (χ0n) is 12.5. The van der Waals surface area contributed by atoms with Crippen LogP contribution >= 0.6 is 0 Å². The van der Waals surface area contributed by atoms with Gasteiger partial charge in [0, 0.05) is 5.56 Å². The van der Waals surface area contributed by atoms with E-state index in [1.807, 2.05) is 0 Å². The van der Waals surface area contributed by atoms with Gasteiger partial charge in [0.05, 0.1) is 4.90 Å². The van der Waals surface area contributed by atoms with Crippen LogP contribution in [0.25, 0.3) is 5.57 Å². The van der Waals surface area contributed by atoms with Gasteiger partial charge in [-0.15, -0.1) is 0 Å². The number of phenolic OH excluding ortho intramolecular Hbond substituents is 1. The molecule has 0 fully saturated rings. The van der Waals surface area contributed by atoms with Crippen LogP contribution in [0, 0.1) is 0 Å². The fraction of sp³-hybridized carbons (Fsp3) is 0. The maximum absolute atomic E-state index is 11.7. The molecule has 3 rings (SSSR count). The fourth-order valence-electron chi connectivity index (χ4n) is 2.55. The lowest BCUT2D eigenvalue weighted by Crippen LogP contribution is -2.01. The molecule has 2 aromatic carbocycles. The first-order chi connectivity index (χ1) is 11.6. The molecule has 0 aromatic heterocycles. The Morgan fingerprint density at radius 1 is 0.875 bits per heavy atom. The van der Waals surface area contributed by atoms with Crippen molar-refractivity contribution in [3.8, 4) is 5.75 Å². The van der Waals surface area contributed by atoms with Gasteiger partial charge in [-0.1, -0.05) is 42.5 Å². The third-order valence-electron chi connectivity index (χ3n) is 3.64. The summed E-state index contributed by atoms with van der Waals surface area (Å²) in [5.41, 5.74) is 2.83. The van der Waals surface area contributed by atoms with Gasteiger partial charge in [-0.25, -0.2) is 4.21 Å². The minimum Gasteiger partial charge on any atom is -0.508 e. The molecular formula is C19H14O4S. The van der Waals surface area contributed by atoms with Crippen molar-refractivity contribution < 1.29 is 18.7 Å². The van der Waals surface area contributed by atoms with Gasteiger partial charge in [0.2, 0.25) is 0 Å². The summed E-state index contributed by atoms with van der Waals surface area (Å²) in [6.07, 6.45) is 6.27. The van der Waals surface area contributed by atoms with E-state index in [2.05, 4.69) is 0 Å². The van der Waals surface area contributed by atoms with Crippen LogP contribution in [0.1, 0.15) is 11.1 Å². The Bertz CT molecular complexity index is 887. The van der Waals surface area contributed by atoms with Gasteiger partial charge in [-0.3, -0.25) is 4.79 Å². The van der Waals surface area contributed by atoms with Crippen molar-refractivity contribution in [1.29, 1.82) is 0 Å². The number of phenols is 1. The number of benzene rings is 2. The fourth-order valence-corrected chi connectivity index (χ4v) is 3.11. The molecule has 0 saturated carbocycles. The van der Waals surface area contributed by atoms with Gasteiger partial charge < -0.3 is 9.66 Å². The number of aromatic hydroxyl groups is 1. The van der Waals surface area contributed by atoms with Crippen molar-refractivity contribution in [2.45, 2.75) is 4.90 Å². The number of allylic oxidation sites excluding steroid dienone is 5. The summed E-state index contributed by atoms with van der Waals surface area (Å²) in [7, 11) is 0. The summed E-state index contributed by atoms with van der Waals surface area (Å²) in [6.45, 7) is 0. The maximum atomic E-state index is 11.7. The Kier molecular flexibility index (Phi) is 4.55. The Labute approximate surface area is 141 Å². The molecule has 0 aliphatic heterocycles. The molecule has 4 nitrogen and oxygen atoms in total. The molecule has 1 aliphatic rings.